The van der Waals surface area contributed by atoms with Gasteiger partial charge in [0, 0.05) is 78.2 Å². The number of rotatable bonds is 5. The van der Waals surface area contributed by atoms with Gasteiger partial charge in [0.15, 0.2) is 0 Å². The van der Waals surface area contributed by atoms with Crippen LogP contribution in [0.15, 0.2) is 224 Å². The largest absolute Gasteiger partial charge is 0.344 e. The highest BCUT2D eigenvalue weighted by molar-refractivity contribution is 6.15. The van der Waals surface area contributed by atoms with E-state index in [0.717, 1.165) is 17.1 Å². The molecule has 0 atom stereocenters. The van der Waals surface area contributed by atoms with Gasteiger partial charge in [-0.15, -0.1) is 0 Å². The smallest absolute Gasteiger partial charge is 0.0542 e. The van der Waals surface area contributed by atoms with Crippen LogP contribution in [0.4, 0.5) is 0 Å². The van der Waals surface area contributed by atoms with Crippen LogP contribution in [0.3, 0.4) is 0 Å². The maximum atomic E-state index is 2.47. The van der Waals surface area contributed by atoms with Gasteiger partial charge >= 0.3 is 0 Å². The molecule has 0 bridgehead atoms. The zero-order valence-electron chi connectivity index (χ0n) is 35.7. The highest BCUT2D eigenvalue weighted by atomic mass is 15.0. The molecule has 0 aliphatic carbocycles. The van der Waals surface area contributed by atoms with Crippen molar-refractivity contribution in [2.45, 2.75) is 0 Å². The third-order valence-electron chi connectivity index (χ3n) is 14.0. The molecule has 14 aromatic rings. The van der Waals surface area contributed by atoms with Crippen molar-refractivity contribution in [2.75, 3.05) is 0 Å². The molecule has 4 aromatic heterocycles. The Labute approximate surface area is 374 Å². The van der Waals surface area contributed by atoms with Crippen molar-refractivity contribution in [1.82, 2.24) is 18.3 Å². The fraction of sp³-hybridized carbons (Fsp3) is 0.0164. The van der Waals surface area contributed by atoms with Gasteiger partial charge in [-0.25, -0.2) is 0 Å². The fourth-order valence-electron chi connectivity index (χ4n) is 11.0. The van der Waals surface area contributed by atoms with E-state index in [1.807, 2.05) is 0 Å². The Balaban J connectivity index is 1.02. The average molecular weight is 829 g/mol. The minimum Gasteiger partial charge on any atom is -0.344 e. The van der Waals surface area contributed by atoms with Crippen LogP contribution in [0, 0.1) is 0 Å². The first-order valence-corrected chi connectivity index (χ1v) is 22.4. The first kappa shape index (κ1) is 35.9. The average Bonchev–Trinajstić information content (AvgIpc) is 4.08. The minimum absolute atomic E-state index is 1.15. The van der Waals surface area contributed by atoms with Crippen molar-refractivity contribution in [3.63, 3.8) is 0 Å². The molecule has 0 N–H and O–H groups in total. The predicted molar refractivity (Wildman–Crippen MR) is 274 cm³/mol. The second kappa shape index (κ2) is 13.7. The van der Waals surface area contributed by atoms with Crippen molar-refractivity contribution in [1.29, 1.82) is 0 Å². The second-order valence-electron chi connectivity index (χ2n) is 17.4. The number of nitrogens with zero attached hydrogens (tertiary/aromatic N) is 4. The normalized spacial score (nSPS) is 12.1. The van der Waals surface area contributed by atoms with E-state index < -0.39 is 0 Å². The van der Waals surface area contributed by atoms with E-state index in [-0.39, 0.29) is 0 Å². The van der Waals surface area contributed by atoms with Gasteiger partial charge in [0.1, 0.15) is 0 Å². The summed E-state index contributed by atoms with van der Waals surface area (Å²) in [5.74, 6) is 0. The Morgan fingerprint density at radius 2 is 0.538 bits per heavy atom. The summed E-state index contributed by atoms with van der Waals surface area (Å²) in [6, 6.07) is 82.7. The molecule has 14 rings (SSSR count). The lowest BCUT2D eigenvalue weighted by atomic mass is 9.99. The highest BCUT2D eigenvalue weighted by Gasteiger charge is 2.20. The molecule has 0 amide bonds. The number of aromatic nitrogens is 4. The summed E-state index contributed by atoms with van der Waals surface area (Å²) in [6.45, 7) is 0. The second-order valence-corrected chi connectivity index (χ2v) is 17.4. The van der Waals surface area contributed by atoms with Gasteiger partial charge in [-0.1, -0.05) is 121 Å². The van der Waals surface area contributed by atoms with Crippen molar-refractivity contribution in [2.24, 2.45) is 7.05 Å². The summed E-state index contributed by atoms with van der Waals surface area (Å²) < 4.78 is 9.61. The standard InChI is InChI=1S/C61H40N4/c1-62-54-21-11-8-20-48(54)52-37-44(27-32-55(52)62)65-60-31-26-42(36-51(60)53-38-45(28-33-61(53)65)64-56-22-12-9-18-46(56)47-19-10-13-23-57(47)64)41-25-30-59-50(35-41)49-34-40(39-14-4-2-5-15-39)24-29-58(49)63(59)43-16-6-3-7-17-43/h2-38H,1H3. The maximum Gasteiger partial charge on any atom is 0.0542 e. The summed E-state index contributed by atoms with van der Waals surface area (Å²) in [4.78, 5) is 0. The molecule has 4 heteroatoms. The van der Waals surface area contributed by atoms with E-state index in [1.165, 1.54) is 109 Å². The van der Waals surface area contributed by atoms with Crippen molar-refractivity contribution in [3.05, 3.63) is 224 Å². The van der Waals surface area contributed by atoms with E-state index in [9.17, 15) is 0 Å². The van der Waals surface area contributed by atoms with E-state index >= 15 is 0 Å². The lowest BCUT2D eigenvalue weighted by Crippen LogP contribution is -1.96. The maximum absolute atomic E-state index is 2.47. The summed E-state index contributed by atoms with van der Waals surface area (Å²) in [6.07, 6.45) is 0. The Morgan fingerprint density at radius 1 is 0.215 bits per heavy atom. The quantitative estimate of drug-likeness (QED) is 0.165. The van der Waals surface area contributed by atoms with Crippen LogP contribution < -0.4 is 0 Å². The van der Waals surface area contributed by atoms with Crippen LogP contribution in [0.25, 0.3) is 127 Å². The molecule has 10 aromatic carbocycles. The summed E-state index contributed by atoms with van der Waals surface area (Å²) in [5.41, 5.74) is 17.9. The monoisotopic (exact) mass is 828 g/mol. The predicted octanol–water partition coefficient (Wildman–Crippen LogP) is 16.0. The van der Waals surface area contributed by atoms with Crippen LogP contribution in [0.5, 0.6) is 0 Å². The van der Waals surface area contributed by atoms with Crippen LogP contribution in [0.1, 0.15) is 0 Å². The Morgan fingerprint density at radius 3 is 1.06 bits per heavy atom. The molecule has 0 saturated carbocycles. The Bertz CT molecular complexity index is 4180. The van der Waals surface area contributed by atoms with Crippen molar-refractivity contribution >= 4 is 87.2 Å². The van der Waals surface area contributed by atoms with Gasteiger partial charge in [-0.05, 0) is 125 Å². The zero-order chi connectivity index (χ0) is 42.8. The van der Waals surface area contributed by atoms with Gasteiger partial charge in [0.2, 0.25) is 0 Å². The molecule has 0 aliphatic rings. The molecule has 0 radical (unpaired) electrons. The van der Waals surface area contributed by atoms with Crippen LogP contribution >= 0.6 is 0 Å². The molecular weight excluding hydrogens is 789 g/mol. The van der Waals surface area contributed by atoms with E-state index in [4.69, 9.17) is 0 Å². The lowest BCUT2D eigenvalue weighted by Gasteiger charge is -2.11. The molecule has 0 aliphatic heterocycles. The Kier molecular flexibility index (Phi) is 7.57. The van der Waals surface area contributed by atoms with Gasteiger partial charge < -0.3 is 18.3 Å². The van der Waals surface area contributed by atoms with Crippen molar-refractivity contribution < 1.29 is 0 Å². The minimum atomic E-state index is 1.15. The fourth-order valence-corrected chi connectivity index (χ4v) is 11.0. The molecule has 4 heterocycles. The van der Waals surface area contributed by atoms with E-state index in [2.05, 4.69) is 250 Å². The highest BCUT2D eigenvalue weighted by Crippen LogP contribution is 2.42. The van der Waals surface area contributed by atoms with Crippen LogP contribution in [-0.2, 0) is 7.05 Å². The number of aryl methyl sites for hydroxylation is 1. The summed E-state index contributed by atoms with van der Waals surface area (Å²) >= 11 is 0. The zero-order valence-corrected chi connectivity index (χ0v) is 35.7. The number of fused-ring (bicyclic) bond motifs is 12. The first-order valence-electron chi connectivity index (χ1n) is 22.4. The van der Waals surface area contributed by atoms with E-state index in [0.29, 0.717) is 0 Å². The molecule has 304 valence electrons. The molecule has 0 fully saturated rings. The molecule has 0 saturated heterocycles. The third kappa shape index (κ3) is 5.25. The van der Waals surface area contributed by atoms with Gasteiger partial charge in [0.25, 0.3) is 0 Å². The summed E-state index contributed by atoms with van der Waals surface area (Å²) in [5, 5.41) is 9.95. The van der Waals surface area contributed by atoms with E-state index in [1.54, 1.807) is 0 Å². The summed E-state index contributed by atoms with van der Waals surface area (Å²) in [7, 11) is 2.17. The van der Waals surface area contributed by atoms with Gasteiger partial charge in [-0.3, -0.25) is 0 Å². The number of para-hydroxylation sites is 4. The number of hydrogen-bond donors (Lipinski definition) is 0. The number of benzene rings is 10. The molecule has 65 heavy (non-hydrogen) atoms. The third-order valence-corrected chi connectivity index (χ3v) is 14.0. The first-order chi connectivity index (χ1) is 32.2. The molecule has 4 nitrogen and oxygen atoms in total. The van der Waals surface area contributed by atoms with Crippen LogP contribution in [0.2, 0.25) is 0 Å². The Hall–Kier alpha value is -8.60. The lowest BCUT2D eigenvalue weighted by molar-refractivity contribution is 1.01. The SMILES string of the molecule is Cn1c2ccccc2c2cc(-n3c4ccc(-c5ccc6c(c5)c5cc(-c7ccccc7)ccc5n6-c5ccccc5)cc4c4cc(-n5c6ccccc6c6ccccc65)ccc43)ccc21. The molecule has 0 spiro atoms. The van der Waals surface area contributed by atoms with Gasteiger partial charge in [-0.2, -0.15) is 0 Å². The topological polar surface area (TPSA) is 19.7 Å². The molecular formula is C61H40N4. The van der Waals surface area contributed by atoms with Crippen LogP contribution in [-0.4, -0.2) is 18.3 Å². The van der Waals surface area contributed by atoms with Gasteiger partial charge in [0.05, 0.1) is 33.1 Å². The number of hydrogen-bond acceptors (Lipinski definition) is 0. The molecule has 0 unspecified atom stereocenters. The van der Waals surface area contributed by atoms with Crippen molar-refractivity contribution in [3.8, 4) is 39.3 Å².